The molecule has 0 spiro atoms. The van der Waals surface area contributed by atoms with E-state index in [0.717, 1.165) is 6.39 Å². The molecule has 0 radical (unpaired) electrons. The van der Waals surface area contributed by atoms with Gasteiger partial charge >= 0.3 is 0 Å². The van der Waals surface area contributed by atoms with Crippen LogP contribution in [-0.4, -0.2) is 19.7 Å². The Morgan fingerprint density at radius 1 is 1.19 bits per heavy atom. The molecule has 0 saturated carbocycles. The molecule has 0 unspecified atom stereocenters. The summed E-state index contributed by atoms with van der Waals surface area (Å²) in [6, 6.07) is 7.74. The van der Waals surface area contributed by atoms with Gasteiger partial charge in [-0.25, -0.2) is 13.4 Å². The molecule has 0 bridgehead atoms. The van der Waals surface area contributed by atoms with Crippen LogP contribution in [0.3, 0.4) is 0 Å². The van der Waals surface area contributed by atoms with Gasteiger partial charge in [0.05, 0.1) is 4.90 Å². The van der Waals surface area contributed by atoms with Crippen LogP contribution < -0.4 is 0 Å². The van der Waals surface area contributed by atoms with Crippen molar-refractivity contribution >= 4 is 16.1 Å². The zero-order valence-electron chi connectivity index (χ0n) is 8.03. The fourth-order valence-electron chi connectivity index (χ4n) is 1.24. The number of rotatable bonds is 3. The molecule has 1 heterocycles. The summed E-state index contributed by atoms with van der Waals surface area (Å²) in [6.07, 6.45) is 1.25. The summed E-state index contributed by atoms with van der Waals surface area (Å²) >= 11 is 0. The molecule has 0 N–H and O–H groups in total. The SMILES string of the molecule is O=Cc1ocnc1S(=O)(=O)c1ccccc1. The number of carbonyl (C=O) groups excluding carboxylic acids is 1. The van der Waals surface area contributed by atoms with Gasteiger partial charge in [-0.1, -0.05) is 18.2 Å². The van der Waals surface area contributed by atoms with Crippen molar-refractivity contribution in [2.24, 2.45) is 0 Å². The molecule has 0 aliphatic rings. The van der Waals surface area contributed by atoms with Gasteiger partial charge in [0, 0.05) is 0 Å². The first kappa shape index (κ1) is 10.6. The number of nitrogens with zero attached hydrogens (tertiary/aromatic N) is 1. The van der Waals surface area contributed by atoms with Crippen molar-refractivity contribution in [3.63, 3.8) is 0 Å². The molecule has 0 fully saturated rings. The highest BCUT2D eigenvalue weighted by molar-refractivity contribution is 7.91. The van der Waals surface area contributed by atoms with Crippen molar-refractivity contribution in [2.75, 3.05) is 0 Å². The predicted molar refractivity (Wildman–Crippen MR) is 53.8 cm³/mol. The third-order valence-electron chi connectivity index (χ3n) is 1.98. The Kier molecular flexibility index (Phi) is 2.57. The first-order valence-electron chi connectivity index (χ1n) is 4.35. The molecule has 0 aliphatic carbocycles. The van der Waals surface area contributed by atoms with Crippen molar-refractivity contribution in [1.82, 2.24) is 4.98 Å². The minimum absolute atomic E-state index is 0.0759. The van der Waals surface area contributed by atoms with Gasteiger partial charge in [-0.05, 0) is 12.1 Å². The van der Waals surface area contributed by atoms with Crippen LogP contribution in [0.4, 0.5) is 0 Å². The van der Waals surface area contributed by atoms with E-state index in [4.69, 9.17) is 0 Å². The molecule has 2 rings (SSSR count). The van der Waals surface area contributed by atoms with E-state index >= 15 is 0 Å². The maximum Gasteiger partial charge on any atom is 0.227 e. The standard InChI is InChI=1S/C10H7NO4S/c12-6-9-10(11-7-15-9)16(13,14)8-4-2-1-3-5-8/h1-7H. The molecule has 0 saturated heterocycles. The van der Waals surface area contributed by atoms with Crippen LogP contribution in [0.15, 0.2) is 51.1 Å². The number of aldehydes is 1. The summed E-state index contributed by atoms with van der Waals surface area (Å²) in [5, 5.41) is -0.353. The van der Waals surface area contributed by atoms with E-state index in [1.807, 2.05) is 0 Å². The van der Waals surface area contributed by atoms with Crippen molar-refractivity contribution < 1.29 is 17.6 Å². The van der Waals surface area contributed by atoms with E-state index in [1.165, 1.54) is 12.1 Å². The van der Waals surface area contributed by atoms with Crippen LogP contribution in [0.2, 0.25) is 0 Å². The number of hydrogen-bond acceptors (Lipinski definition) is 5. The van der Waals surface area contributed by atoms with Crippen molar-refractivity contribution in [1.29, 1.82) is 0 Å². The van der Waals surface area contributed by atoms with E-state index in [2.05, 4.69) is 9.40 Å². The van der Waals surface area contributed by atoms with Crippen LogP contribution in [0.1, 0.15) is 10.6 Å². The lowest BCUT2D eigenvalue weighted by atomic mass is 10.4. The zero-order valence-corrected chi connectivity index (χ0v) is 8.85. The van der Waals surface area contributed by atoms with Gasteiger partial charge in [-0.3, -0.25) is 4.79 Å². The van der Waals surface area contributed by atoms with Gasteiger partial charge < -0.3 is 4.42 Å². The summed E-state index contributed by atoms with van der Waals surface area (Å²) in [7, 11) is -3.77. The third-order valence-corrected chi connectivity index (χ3v) is 3.68. The molecule has 16 heavy (non-hydrogen) atoms. The number of benzene rings is 1. The third kappa shape index (κ3) is 1.63. The predicted octanol–water partition coefficient (Wildman–Crippen LogP) is 1.32. The summed E-state index contributed by atoms with van der Waals surface area (Å²) < 4.78 is 28.6. The van der Waals surface area contributed by atoms with Gasteiger partial charge in [-0.15, -0.1) is 0 Å². The second kappa shape index (κ2) is 3.90. The maximum absolute atomic E-state index is 12.0. The van der Waals surface area contributed by atoms with Crippen LogP contribution in [-0.2, 0) is 9.84 Å². The molecule has 0 aliphatic heterocycles. The first-order valence-corrected chi connectivity index (χ1v) is 5.83. The van der Waals surface area contributed by atoms with Gasteiger partial charge in [0.15, 0.2) is 12.7 Å². The topological polar surface area (TPSA) is 77.2 Å². The first-order chi connectivity index (χ1) is 7.66. The van der Waals surface area contributed by atoms with Gasteiger partial charge in [-0.2, -0.15) is 0 Å². The molecule has 0 atom stereocenters. The van der Waals surface area contributed by atoms with Crippen LogP contribution >= 0.6 is 0 Å². The van der Waals surface area contributed by atoms with Crippen molar-refractivity contribution in [3.8, 4) is 0 Å². The quantitative estimate of drug-likeness (QED) is 0.752. The summed E-state index contributed by atoms with van der Waals surface area (Å²) in [5.41, 5.74) is 0. The van der Waals surface area contributed by atoms with E-state index < -0.39 is 9.84 Å². The summed E-state index contributed by atoms with van der Waals surface area (Å²) in [6.45, 7) is 0. The summed E-state index contributed by atoms with van der Waals surface area (Å²) in [5.74, 6) is -0.288. The van der Waals surface area contributed by atoms with Gasteiger partial charge in [0.2, 0.25) is 20.6 Å². The largest absolute Gasteiger partial charge is 0.439 e. The number of hydrogen-bond donors (Lipinski definition) is 0. The average Bonchev–Trinajstić information content (AvgIpc) is 2.79. The van der Waals surface area contributed by atoms with E-state index in [1.54, 1.807) is 18.2 Å². The average molecular weight is 237 g/mol. The minimum atomic E-state index is -3.77. The molecule has 1 aromatic carbocycles. The highest BCUT2D eigenvalue weighted by Crippen LogP contribution is 2.21. The maximum atomic E-state index is 12.0. The molecule has 2 aromatic rings. The van der Waals surface area contributed by atoms with Crippen LogP contribution in [0.25, 0.3) is 0 Å². The van der Waals surface area contributed by atoms with E-state index in [9.17, 15) is 13.2 Å². The zero-order chi connectivity index (χ0) is 11.6. The number of carbonyl (C=O) groups is 1. The Bertz CT molecular complexity index is 601. The van der Waals surface area contributed by atoms with Crippen LogP contribution in [0.5, 0.6) is 0 Å². The Labute approximate surface area is 91.7 Å². The minimum Gasteiger partial charge on any atom is -0.439 e. The highest BCUT2D eigenvalue weighted by Gasteiger charge is 2.24. The molecule has 82 valence electrons. The molecular weight excluding hydrogens is 230 g/mol. The molecule has 5 nitrogen and oxygen atoms in total. The molecule has 0 amide bonds. The lowest BCUT2D eigenvalue weighted by molar-refractivity contribution is 0.109. The Morgan fingerprint density at radius 2 is 1.88 bits per heavy atom. The second-order valence-electron chi connectivity index (χ2n) is 2.96. The normalized spacial score (nSPS) is 11.2. The lowest BCUT2D eigenvalue weighted by Gasteiger charge is -1.99. The van der Waals surface area contributed by atoms with E-state index in [0.29, 0.717) is 6.29 Å². The summed E-state index contributed by atoms with van der Waals surface area (Å²) in [4.78, 5) is 14.2. The van der Waals surface area contributed by atoms with E-state index in [-0.39, 0.29) is 15.7 Å². The smallest absolute Gasteiger partial charge is 0.227 e. The van der Waals surface area contributed by atoms with Crippen molar-refractivity contribution in [3.05, 3.63) is 42.5 Å². The molecule has 6 heteroatoms. The Hall–Kier alpha value is -1.95. The Morgan fingerprint density at radius 3 is 2.50 bits per heavy atom. The van der Waals surface area contributed by atoms with Crippen molar-refractivity contribution in [2.45, 2.75) is 9.92 Å². The van der Waals surface area contributed by atoms with Crippen LogP contribution in [0, 0.1) is 0 Å². The number of oxazole rings is 1. The lowest BCUT2D eigenvalue weighted by Crippen LogP contribution is -2.04. The molecular formula is C10H7NO4S. The molecule has 1 aromatic heterocycles. The second-order valence-corrected chi connectivity index (χ2v) is 4.82. The number of aromatic nitrogens is 1. The fraction of sp³-hybridized carbons (Fsp3) is 0. The van der Waals surface area contributed by atoms with Gasteiger partial charge in [0.25, 0.3) is 0 Å². The number of sulfone groups is 1. The fourth-order valence-corrected chi connectivity index (χ4v) is 2.52. The monoisotopic (exact) mass is 237 g/mol. The Balaban J connectivity index is 2.61. The van der Waals surface area contributed by atoms with Gasteiger partial charge in [0.1, 0.15) is 0 Å². The highest BCUT2D eigenvalue weighted by atomic mass is 32.2.